The lowest BCUT2D eigenvalue weighted by atomic mass is 9.95. The molecule has 1 fully saturated rings. The van der Waals surface area contributed by atoms with Crippen molar-refractivity contribution in [3.8, 4) is 0 Å². The van der Waals surface area contributed by atoms with Crippen LogP contribution in [0.2, 0.25) is 0 Å². The highest BCUT2D eigenvalue weighted by Crippen LogP contribution is 2.35. The van der Waals surface area contributed by atoms with Crippen molar-refractivity contribution in [2.24, 2.45) is 0 Å². The fraction of sp³-hybridized carbons (Fsp3) is 0.333. The van der Waals surface area contributed by atoms with Crippen LogP contribution in [0.1, 0.15) is 24.6 Å². The van der Waals surface area contributed by atoms with Gasteiger partial charge in [-0.2, -0.15) is 0 Å². The molecule has 0 aliphatic carbocycles. The van der Waals surface area contributed by atoms with Crippen molar-refractivity contribution in [3.05, 3.63) is 58.5 Å². The van der Waals surface area contributed by atoms with Gasteiger partial charge < -0.3 is 4.90 Å². The van der Waals surface area contributed by atoms with Gasteiger partial charge in [0.15, 0.2) is 5.65 Å². The molecule has 152 valence electrons. The quantitative estimate of drug-likeness (QED) is 0.498. The highest BCUT2D eigenvalue weighted by Gasteiger charge is 2.29. The van der Waals surface area contributed by atoms with E-state index in [1.807, 2.05) is 33.7 Å². The number of rotatable bonds is 5. The van der Waals surface area contributed by atoms with E-state index < -0.39 is 14.9 Å². The molecular formula is C18H20N6O4S. The Hall–Kier alpha value is -3.05. The molecule has 0 amide bonds. The van der Waals surface area contributed by atoms with Gasteiger partial charge in [-0.25, -0.2) is 13.1 Å². The summed E-state index contributed by atoms with van der Waals surface area (Å²) in [6.45, 7) is 1.21. The first kappa shape index (κ1) is 19.3. The number of pyridine rings is 1. The number of hydrogen-bond acceptors (Lipinski definition) is 7. The second kappa shape index (κ2) is 7.41. The molecule has 0 unspecified atom stereocenters. The lowest BCUT2D eigenvalue weighted by Crippen LogP contribution is -2.34. The van der Waals surface area contributed by atoms with Crippen LogP contribution in [0.15, 0.2) is 47.5 Å². The zero-order valence-electron chi connectivity index (χ0n) is 15.7. The molecule has 3 heterocycles. The van der Waals surface area contributed by atoms with Crippen molar-refractivity contribution in [2.45, 2.75) is 23.7 Å². The lowest BCUT2D eigenvalue weighted by molar-refractivity contribution is -0.384. The smallest absolute Gasteiger partial charge is 0.293 e. The van der Waals surface area contributed by atoms with Crippen LogP contribution in [0.4, 0.5) is 11.4 Å². The minimum absolute atomic E-state index is 0.125. The Kier molecular flexibility index (Phi) is 4.92. The van der Waals surface area contributed by atoms with E-state index >= 15 is 0 Å². The van der Waals surface area contributed by atoms with Gasteiger partial charge in [-0.1, -0.05) is 6.07 Å². The number of piperidine rings is 1. The van der Waals surface area contributed by atoms with Gasteiger partial charge in [0.05, 0.1) is 9.82 Å². The number of aromatic nitrogens is 3. The molecule has 11 heteroatoms. The molecule has 4 rings (SSSR count). The van der Waals surface area contributed by atoms with Crippen LogP contribution < -0.4 is 9.62 Å². The van der Waals surface area contributed by atoms with Crippen LogP contribution in [0, 0.1) is 10.1 Å². The third kappa shape index (κ3) is 3.54. The Morgan fingerprint density at radius 1 is 1.17 bits per heavy atom. The van der Waals surface area contributed by atoms with Gasteiger partial charge in [-0.05, 0) is 44.2 Å². The van der Waals surface area contributed by atoms with Crippen LogP contribution in [-0.4, -0.2) is 48.1 Å². The zero-order chi connectivity index (χ0) is 20.6. The third-order valence-electron chi connectivity index (χ3n) is 5.26. The van der Waals surface area contributed by atoms with Crippen LogP contribution >= 0.6 is 0 Å². The lowest BCUT2D eigenvalue weighted by Gasteiger charge is -2.32. The van der Waals surface area contributed by atoms with E-state index in [-0.39, 0.29) is 16.5 Å². The molecule has 0 spiro atoms. The Bertz CT molecular complexity index is 1170. The summed E-state index contributed by atoms with van der Waals surface area (Å²) in [6.07, 6.45) is 3.47. The maximum Gasteiger partial charge on any atom is 0.293 e. The highest BCUT2D eigenvalue weighted by atomic mass is 32.2. The van der Waals surface area contributed by atoms with E-state index in [2.05, 4.69) is 14.9 Å². The number of sulfonamides is 1. The molecule has 29 heavy (non-hydrogen) atoms. The molecule has 0 radical (unpaired) electrons. The molecular weight excluding hydrogens is 396 g/mol. The van der Waals surface area contributed by atoms with Crippen molar-refractivity contribution < 1.29 is 13.3 Å². The number of anilines is 1. The SMILES string of the molecule is CNS(=O)(=O)c1ccc(N2CCC(c3nnc4ccccn34)CC2)c([N+](=O)[O-])c1. The first-order valence-electron chi connectivity index (χ1n) is 9.17. The van der Waals surface area contributed by atoms with Crippen molar-refractivity contribution in [2.75, 3.05) is 25.0 Å². The molecule has 1 saturated heterocycles. The highest BCUT2D eigenvalue weighted by molar-refractivity contribution is 7.89. The third-order valence-corrected chi connectivity index (χ3v) is 6.68. The van der Waals surface area contributed by atoms with Gasteiger partial charge in [0, 0.05) is 31.3 Å². The zero-order valence-corrected chi connectivity index (χ0v) is 16.5. The Morgan fingerprint density at radius 2 is 1.93 bits per heavy atom. The predicted molar refractivity (Wildman–Crippen MR) is 107 cm³/mol. The van der Waals surface area contributed by atoms with E-state index in [9.17, 15) is 18.5 Å². The Labute approximate surface area is 167 Å². The first-order valence-corrected chi connectivity index (χ1v) is 10.7. The maximum absolute atomic E-state index is 12.0. The summed E-state index contributed by atoms with van der Waals surface area (Å²) >= 11 is 0. The Morgan fingerprint density at radius 3 is 2.62 bits per heavy atom. The van der Waals surface area contributed by atoms with Gasteiger partial charge in [0.25, 0.3) is 5.69 Å². The van der Waals surface area contributed by atoms with Gasteiger partial charge >= 0.3 is 0 Å². The largest absolute Gasteiger partial charge is 0.366 e. The molecule has 1 aliphatic rings. The molecule has 1 N–H and O–H groups in total. The monoisotopic (exact) mass is 416 g/mol. The second-order valence-electron chi connectivity index (χ2n) is 6.86. The number of benzene rings is 1. The Balaban J connectivity index is 1.57. The minimum atomic E-state index is -3.75. The summed E-state index contributed by atoms with van der Waals surface area (Å²) in [6, 6.07) is 9.75. The van der Waals surface area contributed by atoms with E-state index in [4.69, 9.17) is 0 Å². The van der Waals surface area contributed by atoms with Gasteiger partial charge in [0.2, 0.25) is 10.0 Å². The summed E-state index contributed by atoms with van der Waals surface area (Å²) in [7, 11) is -2.48. The van der Waals surface area contributed by atoms with Crippen molar-refractivity contribution in [1.82, 2.24) is 19.3 Å². The molecule has 0 saturated carbocycles. The number of nitro benzene ring substituents is 1. The van der Waals surface area contributed by atoms with Gasteiger partial charge in [0.1, 0.15) is 11.5 Å². The number of nitrogens with one attached hydrogen (secondary N) is 1. The molecule has 1 aromatic carbocycles. The fourth-order valence-corrected chi connectivity index (χ4v) is 4.47. The topological polar surface area (TPSA) is 123 Å². The summed E-state index contributed by atoms with van der Waals surface area (Å²) in [4.78, 5) is 12.8. The molecule has 1 aliphatic heterocycles. The molecule has 3 aromatic rings. The van der Waals surface area contributed by atoms with Crippen LogP contribution in [0.25, 0.3) is 5.65 Å². The van der Waals surface area contributed by atoms with Crippen LogP contribution in [-0.2, 0) is 10.0 Å². The average Bonchev–Trinajstić information content (AvgIpc) is 3.17. The molecule has 0 bridgehead atoms. The summed E-state index contributed by atoms with van der Waals surface area (Å²) in [5.41, 5.74) is 1.00. The number of hydrogen-bond donors (Lipinski definition) is 1. The standard InChI is InChI=1S/C18H20N6O4S/c1-19-29(27,28)14-5-6-15(16(12-14)24(25)26)22-10-7-13(8-11-22)18-21-20-17-4-2-3-9-23(17)18/h2-6,9,12-13,19H,7-8,10-11H2,1H3. The molecule has 2 aromatic heterocycles. The van der Waals surface area contributed by atoms with E-state index in [0.29, 0.717) is 18.8 Å². The van der Waals surface area contributed by atoms with Crippen molar-refractivity contribution in [3.63, 3.8) is 0 Å². The fourth-order valence-electron chi connectivity index (χ4n) is 3.72. The van der Waals surface area contributed by atoms with Crippen LogP contribution in [0.3, 0.4) is 0 Å². The number of fused-ring (bicyclic) bond motifs is 1. The van der Waals surface area contributed by atoms with Crippen LogP contribution in [0.5, 0.6) is 0 Å². The van der Waals surface area contributed by atoms with Crippen molar-refractivity contribution >= 4 is 27.0 Å². The van der Waals surface area contributed by atoms with E-state index in [0.717, 1.165) is 30.4 Å². The van der Waals surface area contributed by atoms with E-state index in [1.54, 1.807) is 0 Å². The second-order valence-corrected chi connectivity index (χ2v) is 8.75. The summed E-state index contributed by atoms with van der Waals surface area (Å²) in [5.74, 6) is 1.09. The minimum Gasteiger partial charge on any atom is -0.366 e. The van der Waals surface area contributed by atoms with E-state index in [1.165, 1.54) is 19.2 Å². The average molecular weight is 416 g/mol. The first-order chi connectivity index (χ1) is 13.9. The normalized spacial score (nSPS) is 15.7. The molecule has 10 nitrogen and oxygen atoms in total. The van der Waals surface area contributed by atoms with Crippen molar-refractivity contribution in [1.29, 1.82) is 0 Å². The summed E-state index contributed by atoms with van der Waals surface area (Å²) < 4.78 is 28.1. The van der Waals surface area contributed by atoms with Gasteiger partial charge in [-0.3, -0.25) is 14.5 Å². The number of nitrogens with zero attached hydrogens (tertiary/aromatic N) is 5. The summed E-state index contributed by atoms with van der Waals surface area (Å²) in [5, 5.41) is 20.1. The maximum atomic E-state index is 12.0. The molecule has 0 atom stereocenters. The van der Waals surface area contributed by atoms with Gasteiger partial charge in [-0.15, -0.1) is 10.2 Å². The predicted octanol–water partition coefficient (Wildman–Crippen LogP) is 1.93. The number of nitro groups is 1.